The number of fused-ring (bicyclic) bond motifs is 2. The Labute approximate surface area is 343 Å². The van der Waals surface area contributed by atoms with Gasteiger partial charge in [0.05, 0.1) is 13.2 Å². The van der Waals surface area contributed by atoms with Crippen molar-refractivity contribution in [3.63, 3.8) is 0 Å². The minimum Gasteiger partial charge on any atom is -0.507 e. The summed E-state index contributed by atoms with van der Waals surface area (Å²) in [5.74, 6) is -4.47. The van der Waals surface area contributed by atoms with Gasteiger partial charge in [-0.05, 0) is 47.6 Å². The third kappa shape index (κ3) is 7.25. The van der Waals surface area contributed by atoms with Crippen LogP contribution < -0.4 is 0 Å². The second-order valence-corrected chi connectivity index (χ2v) is 16.0. The molecule has 14 N–H and O–H groups in total. The Balaban J connectivity index is 1.64. The molecule has 2 heterocycles. The molecule has 0 aliphatic carbocycles. The molecule has 6 rings (SSSR count). The van der Waals surface area contributed by atoms with Gasteiger partial charge in [0, 0.05) is 56.6 Å². The third-order valence-electron chi connectivity index (χ3n) is 11.5. The minimum atomic E-state index is -1.82. The topological polar surface area (TPSA) is 326 Å². The molecule has 10 atom stereocenters. The number of aryl methyl sites for hydroxylation is 2. The molecule has 2 saturated heterocycles. The molecule has 0 unspecified atom stereocenters. The summed E-state index contributed by atoms with van der Waals surface area (Å²) in [5.41, 5.74) is 0.657. The maximum Gasteiger partial charge on any atom is 0.180 e. The van der Waals surface area contributed by atoms with Crippen molar-refractivity contribution in [2.45, 2.75) is 115 Å². The highest BCUT2D eigenvalue weighted by Crippen LogP contribution is 2.54. The van der Waals surface area contributed by atoms with Crippen LogP contribution in [0.1, 0.15) is 72.9 Å². The molecule has 0 bridgehead atoms. The number of phenolic OH excluding ortho intramolecular Hbond substituents is 6. The number of phenols is 6. The predicted octanol–water partition coefficient (Wildman–Crippen LogP) is 1.19. The molecular formula is C42H52N2O16. The van der Waals surface area contributed by atoms with Crippen molar-refractivity contribution in [2.24, 2.45) is 9.98 Å². The van der Waals surface area contributed by atoms with E-state index in [9.17, 15) is 71.5 Å². The van der Waals surface area contributed by atoms with E-state index in [1.54, 1.807) is 53.7 Å². The van der Waals surface area contributed by atoms with Gasteiger partial charge in [0.1, 0.15) is 60.2 Å². The predicted molar refractivity (Wildman–Crippen MR) is 217 cm³/mol. The summed E-state index contributed by atoms with van der Waals surface area (Å²) in [6.45, 7) is 8.78. The SMILES string of the molecule is Cc1cc2c(C(C)C)c(O)c(O)c(C=N[C@@H]3[C@@H](O)[C@H](O)[C@@H](CO)O[C@H]3O)c2c(O)c1-c1c(C)cc2c(C(C)C)c(O)c(O)c(C=N[C@@H]3[C@@H](O)[C@H](O)[C@@H](CO)O[C@H]3O)c2c1O. The quantitative estimate of drug-likeness (QED) is 0.0832. The number of benzene rings is 4. The van der Waals surface area contributed by atoms with E-state index in [1.165, 1.54) is 0 Å². The number of rotatable bonds is 9. The fourth-order valence-electron chi connectivity index (χ4n) is 8.43. The molecule has 2 fully saturated rings. The Morgan fingerprint density at radius 3 is 1.17 bits per heavy atom. The van der Waals surface area contributed by atoms with E-state index in [1.807, 2.05) is 0 Å². The highest BCUT2D eigenvalue weighted by Gasteiger charge is 2.45. The smallest absolute Gasteiger partial charge is 0.180 e. The molecule has 326 valence electrons. The van der Waals surface area contributed by atoms with Crippen LogP contribution in [0.25, 0.3) is 32.7 Å². The van der Waals surface area contributed by atoms with Gasteiger partial charge in [0.25, 0.3) is 0 Å². The van der Waals surface area contributed by atoms with Gasteiger partial charge in [0.15, 0.2) is 35.6 Å². The van der Waals surface area contributed by atoms with E-state index in [0.717, 1.165) is 12.4 Å². The standard InChI is InChI=1S/C42H52N2O16/c1-13(2)23-17-7-15(5)25(35(51)27(17)19(31(47)37(23)53)9-43-29-39(55)33(49)21(11-45)59-41(29)57)26-16(6)8-18-24(14(3)4)38(54)32(48)20(28(18)36(26)52)10-44-30-40(56)34(50)22(12-46)60-42(30)58/h7-10,13-14,21-22,29-30,33-34,39-42,45-58H,11-12H2,1-6H3/t21-,22-,29-,30-,33-,34-,39-,40-,41-,42-/m1/s1. The first-order valence-electron chi connectivity index (χ1n) is 19.4. The van der Waals surface area contributed by atoms with Crippen LogP contribution >= 0.6 is 0 Å². The van der Waals surface area contributed by atoms with Crippen molar-refractivity contribution in [1.82, 2.24) is 0 Å². The lowest BCUT2D eigenvalue weighted by molar-refractivity contribution is -0.248. The summed E-state index contributed by atoms with van der Waals surface area (Å²) in [7, 11) is 0. The van der Waals surface area contributed by atoms with E-state index in [0.29, 0.717) is 11.1 Å². The van der Waals surface area contributed by atoms with Gasteiger partial charge in [-0.25, -0.2) is 0 Å². The number of aliphatic imine (C=N–C) groups is 2. The van der Waals surface area contributed by atoms with Crippen LogP contribution in [0, 0.1) is 13.8 Å². The third-order valence-corrected chi connectivity index (χ3v) is 11.5. The molecule has 18 heteroatoms. The van der Waals surface area contributed by atoms with Crippen molar-refractivity contribution in [2.75, 3.05) is 13.2 Å². The first-order chi connectivity index (χ1) is 28.2. The Morgan fingerprint density at radius 1 is 0.533 bits per heavy atom. The van der Waals surface area contributed by atoms with Gasteiger partial charge in [-0.3, -0.25) is 9.98 Å². The van der Waals surface area contributed by atoms with E-state index in [4.69, 9.17) is 9.47 Å². The molecule has 0 spiro atoms. The van der Waals surface area contributed by atoms with Gasteiger partial charge in [0.2, 0.25) is 0 Å². The molecule has 0 saturated carbocycles. The van der Waals surface area contributed by atoms with Gasteiger partial charge in [-0.1, -0.05) is 39.8 Å². The van der Waals surface area contributed by atoms with Crippen LogP contribution in [0.4, 0.5) is 0 Å². The summed E-state index contributed by atoms with van der Waals surface area (Å²) in [4.78, 5) is 8.36. The molecule has 2 aliphatic rings. The first kappa shape index (κ1) is 44.7. The number of aromatic hydroxyl groups is 6. The van der Waals surface area contributed by atoms with Gasteiger partial charge in [-0.2, -0.15) is 0 Å². The summed E-state index contributed by atoms with van der Waals surface area (Å²) >= 11 is 0. The molecular weight excluding hydrogens is 788 g/mol. The fourth-order valence-corrected chi connectivity index (χ4v) is 8.43. The van der Waals surface area contributed by atoms with Gasteiger partial charge in [-0.15, -0.1) is 0 Å². The largest absolute Gasteiger partial charge is 0.507 e. The number of hydrogen-bond acceptors (Lipinski definition) is 18. The number of ether oxygens (including phenoxy) is 2. The monoisotopic (exact) mass is 840 g/mol. The Kier molecular flexibility index (Phi) is 12.6. The maximum absolute atomic E-state index is 12.4. The van der Waals surface area contributed by atoms with Crippen molar-refractivity contribution in [3.05, 3.63) is 45.5 Å². The lowest BCUT2D eigenvalue weighted by Gasteiger charge is -2.38. The summed E-state index contributed by atoms with van der Waals surface area (Å²) < 4.78 is 10.4. The van der Waals surface area contributed by atoms with E-state index in [-0.39, 0.29) is 54.9 Å². The molecule has 0 radical (unpaired) electrons. The van der Waals surface area contributed by atoms with E-state index in [2.05, 4.69) is 9.98 Å². The average Bonchev–Trinajstić information content (AvgIpc) is 3.18. The lowest BCUT2D eigenvalue weighted by Crippen LogP contribution is -2.57. The average molecular weight is 841 g/mol. The molecule has 4 aromatic rings. The van der Waals surface area contributed by atoms with Crippen molar-refractivity contribution in [3.8, 4) is 45.6 Å². The Hall–Kier alpha value is -4.86. The molecule has 2 aliphatic heterocycles. The van der Waals surface area contributed by atoms with Crippen LogP contribution in [-0.2, 0) is 9.47 Å². The number of aliphatic hydroxyl groups is 8. The number of hydrogen-bond donors (Lipinski definition) is 14. The van der Waals surface area contributed by atoms with E-state index >= 15 is 0 Å². The second-order valence-electron chi connectivity index (χ2n) is 16.0. The molecule has 0 amide bonds. The maximum atomic E-state index is 12.4. The van der Waals surface area contributed by atoms with Crippen LogP contribution in [-0.4, -0.2) is 158 Å². The van der Waals surface area contributed by atoms with Crippen LogP contribution in [0.5, 0.6) is 34.5 Å². The van der Waals surface area contributed by atoms with Crippen LogP contribution in [0.2, 0.25) is 0 Å². The van der Waals surface area contributed by atoms with Gasteiger partial charge >= 0.3 is 0 Å². The number of nitrogens with zero attached hydrogens (tertiary/aromatic N) is 2. The molecule has 60 heavy (non-hydrogen) atoms. The van der Waals surface area contributed by atoms with Crippen molar-refractivity contribution in [1.29, 1.82) is 0 Å². The summed E-state index contributed by atoms with van der Waals surface area (Å²) in [5, 5.41) is 153. The highest BCUT2D eigenvalue weighted by molar-refractivity contribution is 6.15. The zero-order valence-corrected chi connectivity index (χ0v) is 33.6. The molecule has 18 nitrogen and oxygen atoms in total. The van der Waals surface area contributed by atoms with Crippen LogP contribution in [0.3, 0.4) is 0 Å². The normalized spacial score (nSPS) is 27.7. The zero-order valence-electron chi connectivity index (χ0n) is 33.6. The second kappa shape index (κ2) is 16.9. The highest BCUT2D eigenvalue weighted by atomic mass is 16.6. The fraction of sp³-hybridized carbons (Fsp3) is 0.476. The zero-order chi connectivity index (χ0) is 44.4. The number of aliphatic hydroxyl groups excluding tert-OH is 8. The summed E-state index contributed by atoms with van der Waals surface area (Å²) in [6, 6.07) is 0.109. The lowest BCUT2D eigenvalue weighted by atomic mass is 9.83. The van der Waals surface area contributed by atoms with E-state index < -0.39 is 121 Å². The Morgan fingerprint density at radius 2 is 0.867 bits per heavy atom. The van der Waals surface area contributed by atoms with Crippen molar-refractivity contribution >= 4 is 34.0 Å². The van der Waals surface area contributed by atoms with Crippen molar-refractivity contribution < 1.29 is 81.0 Å². The molecule has 4 aromatic carbocycles. The summed E-state index contributed by atoms with van der Waals surface area (Å²) in [6.07, 6.45) is -11.1. The minimum absolute atomic E-state index is 0.0161. The molecule has 0 aromatic heterocycles. The first-order valence-corrected chi connectivity index (χ1v) is 19.4. The van der Waals surface area contributed by atoms with Crippen LogP contribution in [0.15, 0.2) is 22.1 Å². The Bertz CT molecular complexity index is 2200. The van der Waals surface area contributed by atoms with Gasteiger partial charge < -0.3 is 81.0 Å².